The van der Waals surface area contributed by atoms with Gasteiger partial charge >= 0.3 is 0 Å². The minimum absolute atomic E-state index is 0.0297. The number of nitrogens with zero attached hydrogens (tertiary/aromatic N) is 3. The lowest BCUT2D eigenvalue weighted by Crippen LogP contribution is -2.40. The summed E-state index contributed by atoms with van der Waals surface area (Å²) in [5.74, 6) is 4.38. The van der Waals surface area contributed by atoms with Gasteiger partial charge in [0.1, 0.15) is 12.3 Å². The molecule has 1 aliphatic rings. The smallest absolute Gasteiger partial charge is 0.216 e. The summed E-state index contributed by atoms with van der Waals surface area (Å²) in [6, 6.07) is 10.6. The Hall–Kier alpha value is -1.95. The van der Waals surface area contributed by atoms with Crippen LogP contribution >= 0.6 is 11.8 Å². The van der Waals surface area contributed by atoms with E-state index in [1.807, 2.05) is 18.0 Å². The van der Waals surface area contributed by atoms with Gasteiger partial charge in [0.05, 0.1) is 6.20 Å². The summed E-state index contributed by atoms with van der Waals surface area (Å²) in [7, 11) is 0. The van der Waals surface area contributed by atoms with Crippen LogP contribution in [0, 0.1) is 5.92 Å². The van der Waals surface area contributed by atoms with Gasteiger partial charge in [0.2, 0.25) is 5.89 Å². The van der Waals surface area contributed by atoms with Gasteiger partial charge in [-0.3, -0.25) is 0 Å². The van der Waals surface area contributed by atoms with E-state index in [1.165, 1.54) is 11.3 Å². The maximum atomic E-state index is 5.88. The first-order valence-electron chi connectivity index (χ1n) is 10.1. The van der Waals surface area contributed by atoms with Gasteiger partial charge in [-0.15, -0.1) is 11.8 Å². The second-order valence-electron chi connectivity index (χ2n) is 8.26. The quantitative estimate of drug-likeness (QED) is 0.438. The van der Waals surface area contributed by atoms with E-state index in [2.05, 4.69) is 73.2 Å². The van der Waals surface area contributed by atoms with Crippen molar-refractivity contribution in [1.82, 2.24) is 15.2 Å². The molecule has 0 spiro atoms. The summed E-state index contributed by atoms with van der Waals surface area (Å²) in [5.41, 5.74) is -0.0297. The molecule has 152 valence electrons. The third kappa shape index (κ3) is 5.77. The van der Waals surface area contributed by atoms with E-state index in [1.54, 1.807) is 0 Å². The molecule has 1 aliphatic heterocycles. The molecule has 1 aromatic carbocycles. The fraction of sp³-hybridized carbons (Fsp3) is 0.545. The van der Waals surface area contributed by atoms with Crippen LogP contribution < -0.4 is 5.32 Å². The molecule has 1 aromatic heterocycles. The summed E-state index contributed by atoms with van der Waals surface area (Å²) >= 11 is 1.95. The number of thioether (sulfide) groups is 1. The second kappa shape index (κ2) is 9.50. The SMILES string of the molecule is CCNC(=NCc1ncc(C(C)(C)C)o1)N1CCC(CSc2ccccc2)C1. The number of hydrogen-bond acceptors (Lipinski definition) is 4. The Labute approximate surface area is 173 Å². The first-order chi connectivity index (χ1) is 13.5. The lowest BCUT2D eigenvalue weighted by molar-refractivity contribution is 0.382. The fourth-order valence-electron chi connectivity index (χ4n) is 3.19. The minimum atomic E-state index is -0.0297. The van der Waals surface area contributed by atoms with Crippen LogP contribution in [0.25, 0.3) is 0 Å². The Bertz CT molecular complexity index is 766. The molecule has 0 amide bonds. The maximum Gasteiger partial charge on any atom is 0.216 e. The van der Waals surface area contributed by atoms with Crippen molar-refractivity contribution in [1.29, 1.82) is 0 Å². The highest BCUT2D eigenvalue weighted by Crippen LogP contribution is 2.26. The molecule has 1 saturated heterocycles. The minimum Gasteiger partial charge on any atom is -0.443 e. The van der Waals surface area contributed by atoms with Crippen LogP contribution in [-0.2, 0) is 12.0 Å². The van der Waals surface area contributed by atoms with Crippen molar-refractivity contribution < 1.29 is 4.42 Å². The average molecular weight is 401 g/mol. The Morgan fingerprint density at radius 2 is 2.11 bits per heavy atom. The third-order valence-corrected chi connectivity index (χ3v) is 6.05. The number of oxazole rings is 1. The molecule has 1 fully saturated rings. The van der Waals surface area contributed by atoms with Crippen molar-refractivity contribution in [3.05, 3.63) is 48.2 Å². The lowest BCUT2D eigenvalue weighted by Gasteiger charge is -2.21. The molecule has 0 bridgehead atoms. The molecular weight excluding hydrogens is 368 g/mol. The number of hydrogen-bond donors (Lipinski definition) is 1. The molecular formula is C22H32N4OS. The van der Waals surface area contributed by atoms with E-state index in [0.29, 0.717) is 18.4 Å². The standard InChI is InChI=1S/C22H32N4OS/c1-5-23-21(25-14-20-24-13-19(27-20)22(2,3)4)26-12-11-17(15-26)16-28-18-9-7-6-8-10-18/h6-10,13,17H,5,11-12,14-16H2,1-4H3,(H,23,25). The maximum absolute atomic E-state index is 5.88. The number of nitrogens with one attached hydrogen (secondary N) is 1. The van der Waals surface area contributed by atoms with E-state index in [4.69, 9.17) is 9.41 Å². The van der Waals surface area contributed by atoms with Crippen molar-refractivity contribution >= 4 is 17.7 Å². The number of rotatable bonds is 6. The van der Waals surface area contributed by atoms with Crippen molar-refractivity contribution in [3.8, 4) is 0 Å². The van der Waals surface area contributed by atoms with Crippen LogP contribution in [0.15, 0.2) is 50.8 Å². The van der Waals surface area contributed by atoms with Gasteiger partial charge in [0, 0.05) is 35.7 Å². The summed E-state index contributed by atoms with van der Waals surface area (Å²) < 4.78 is 5.88. The molecule has 6 heteroatoms. The van der Waals surface area contributed by atoms with E-state index in [0.717, 1.165) is 37.1 Å². The van der Waals surface area contributed by atoms with E-state index >= 15 is 0 Å². The third-order valence-electron chi connectivity index (χ3n) is 4.81. The monoisotopic (exact) mass is 400 g/mol. The normalized spacial score (nSPS) is 17.9. The molecule has 0 aliphatic carbocycles. The summed E-state index contributed by atoms with van der Waals surface area (Å²) in [6.45, 7) is 11.9. The zero-order chi connectivity index (χ0) is 20.0. The van der Waals surface area contributed by atoms with Gasteiger partial charge in [0.25, 0.3) is 0 Å². The van der Waals surface area contributed by atoms with Gasteiger partial charge in [-0.05, 0) is 31.4 Å². The van der Waals surface area contributed by atoms with Crippen LogP contribution in [0.1, 0.15) is 45.8 Å². The second-order valence-corrected chi connectivity index (χ2v) is 9.36. The van der Waals surface area contributed by atoms with E-state index in [9.17, 15) is 0 Å². The molecule has 1 unspecified atom stereocenters. The topological polar surface area (TPSA) is 53.7 Å². The molecule has 1 N–H and O–H groups in total. The van der Waals surface area contributed by atoms with Crippen LogP contribution in [0.5, 0.6) is 0 Å². The largest absolute Gasteiger partial charge is 0.443 e. The van der Waals surface area contributed by atoms with Gasteiger partial charge in [-0.1, -0.05) is 39.0 Å². The molecule has 5 nitrogen and oxygen atoms in total. The zero-order valence-corrected chi connectivity index (χ0v) is 18.3. The number of likely N-dealkylation sites (tertiary alicyclic amines) is 1. The molecule has 1 atom stereocenters. The molecule has 3 rings (SSSR count). The Kier molecular flexibility index (Phi) is 7.05. The number of benzene rings is 1. The van der Waals surface area contributed by atoms with Crippen LogP contribution in [0.3, 0.4) is 0 Å². The first-order valence-corrected chi connectivity index (χ1v) is 11.1. The van der Waals surface area contributed by atoms with Crippen molar-refractivity contribution in [3.63, 3.8) is 0 Å². The first kappa shape index (κ1) is 20.8. The summed E-state index contributed by atoms with van der Waals surface area (Å²) in [6.07, 6.45) is 3.03. The molecule has 0 radical (unpaired) electrons. The highest BCUT2D eigenvalue weighted by Gasteiger charge is 2.25. The van der Waals surface area contributed by atoms with Gasteiger partial charge in [-0.25, -0.2) is 9.98 Å². The number of aliphatic imine (C=N–C) groups is 1. The molecule has 2 aromatic rings. The number of aromatic nitrogens is 1. The van der Waals surface area contributed by atoms with Gasteiger partial charge in [0.15, 0.2) is 5.96 Å². The predicted octanol–water partition coefficient (Wildman–Crippen LogP) is 4.55. The highest BCUT2D eigenvalue weighted by molar-refractivity contribution is 7.99. The fourth-order valence-corrected chi connectivity index (χ4v) is 4.24. The zero-order valence-electron chi connectivity index (χ0n) is 17.4. The summed E-state index contributed by atoms with van der Waals surface area (Å²) in [5, 5.41) is 3.43. The Balaban J connectivity index is 1.56. The Morgan fingerprint density at radius 1 is 1.32 bits per heavy atom. The molecule has 28 heavy (non-hydrogen) atoms. The van der Waals surface area contributed by atoms with Crippen molar-refractivity contribution in [2.75, 3.05) is 25.4 Å². The van der Waals surface area contributed by atoms with Crippen LogP contribution in [0.4, 0.5) is 0 Å². The van der Waals surface area contributed by atoms with Crippen molar-refractivity contribution in [2.24, 2.45) is 10.9 Å². The highest BCUT2D eigenvalue weighted by atomic mass is 32.2. The molecule has 2 heterocycles. The summed E-state index contributed by atoms with van der Waals surface area (Å²) in [4.78, 5) is 12.9. The molecule has 0 saturated carbocycles. The van der Waals surface area contributed by atoms with Crippen molar-refractivity contribution in [2.45, 2.75) is 51.0 Å². The average Bonchev–Trinajstić information content (AvgIpc) is 3.34. The van der Waals surface area contributed by atoms with E-state index in [-0.39, 0.29) is 5.41 Å². The van der Waals surface area contributed by atoms with Gasteiger partial charge < -0.3 is 14.6 Å². The Morgan fingerprint density at radius 3 is 2.79 bits per heavy atom. The van der Waals surface area contributed by atoms with Crippen LogP contribution in [0.2, 0.25) is 0 Å². The number of guanidine groups is 1. The lowest BCUT2D eigenvalue weighted by atomic mass is 9.94. The predicted molar refractivity (Wildman–Crippen MR) is 117 cm³/mol. The van der Waals surface area contributed by atoms with E-state index < -0.39 is 0 Å². The van der Waals surface area contributed by atoms with Crippen LogP contribution in [-0.4, -0.2) is 41.2 Å². The van der Waals surface area contributed by atoms with Gasteiger partial charge in [-0.2, -0.15) is 0 Å².